The molecule has 0 aromatic rings. The van der Waals surface area contributed by atoms with Crippen LogP contribution >= 0.6 is 0 Å². The van der Waals surface area contributed by atoms with E-state index in [4.69, 9.17) is 0 Å². The summed E-state index contributed by atoms with van der Waals surface area (Å²) in [5, 5.41) is 3.25. The first-order chi connectivity index (χ1) is 8.56. The topological polar surface area (TPSA) is 52.7 Å². The number of hydrogen-bond acceptors (Lipinski definition) is 3. The molecule has 0 aromatic heterocycles. The van der Waals surface area contributed by atoms with Gasteiger partial charge in [0.05, 0.1) is 12.5 Å². The predicted molar refractivity (Wildman–Crippen MR) is 71.2 cm³/mol. The van der Waals surface area contributed by atoms with Gasteiger partial charge in [-0.15, -0.1) is 0 Å². The summed E-state index contributed by atoms with van der Waals surface area (Å²) in [5.41, 5.74) is 0. The fourth-order valence-corrected chi connectivity index (χ4v) is 2.16. The zero-order valence-electron chi connectivity index (χ0n) is 11.7. The van der Waals surface area contributed by atoms with Gasteiger partial charge < -0.3 is 15.1 Å². The van der Waals surface area contributed by atoms with Gasteiger partial charge in [-0.2, -0.15) is 0 Å². The van der Waals surface area contributed by atoms with Crippen LogP contribution in [0.15, 0.2) is 0 Å². The number of hydrogen-bond donors (Lipinski definition) is 1. The lowest BCUT2D eigenvalue weighted by atomic mass is 9.98. The Balaban J connectivity index is 2.58. The number of carbonyl (C=O) groups excluding carboxylic acids is 2. The zero-order chi connectivity index (χ0) is 13.5. The minimum atomic E-state index is -0.0134. The van der Waals surface area contributed by atoms with E-state index >= 15 is 0 Å². The van der Waals surface area contributed by atoms with Crippen LogP contribution in [-0.4, -0.2) is 61.9 Å². The van der Waals surface area contributed by atoms with Crippen molar-refractivity contribution in [3.8, 4) is 0 Å². The molecule has 1 heterocycles. The molecule has 18 heavy (non-hydrogen) atoms. The average molecular weight is 255 g/mol. The van der Waals surface area contributed by atoms with Crippen LogP contribution in [0.3, 0.4) is 0 Å². The summed E-state index contributed by atoms with van der Waals surface area (Å²) in [4.78, 5) is 27.3. The largest absolute Gasteiger partial charge is 0.347 e. The summed E-state index contributed by atoms with van der Waals surface area (Å²) in [6, 6.07) is 0. The lowest BCUT2D eigenvalue weighted by molar-refractivity contribution is -0.142. The molecule has 1 fully saturated rings. The molecule has 0 radical (unpaired) electrons. The van der Waals surface area contributed by atoms with E-state index in [1.165, 1.54) is 4.90 Å². The highest BCUT2D eigenvalue weighted by Gasteiger charge is 2.26. The molecule has 104 valence electrons. The highest BCUT2D eigenvalue weighted by Crippen LogP contribution is 2.13. The molecule has 0 saturated carbocycles. The lowest BCUT2D eigenvalue weighted by Crippen LogP contribution is -2.46. The highest BCUT2D eigenvalue weighted by atomic mass is 16.2. The normalized spacial score (nSPS) is 19.4. The lowest BCUT2D eigenvalue weighted by Gasteiger charge is -2.29. The molecule has 1 aliphatic rings. The van der Waals surface area contributed by atoms with Crippen molar-refractivity contribution in [3.05, 3.63) is 0 Å². The Labute approximate surface area is 110 Å². The van der Waals surface area contributed by atoms with Gasteiger partial charge in [-0.25, -0.2) is 0 Å². The first-order valence-corrected chi connectivity index (χ1v) is 6.76. The third-order valence-corrected chi connectivity index (χ3v) is 3.28. The molecule has 0 spiro atoms. The van der Waals surface area contributed by atoms with Gasteiger partial charge in [0.1, 0.15) is 0 Å². The molecule has 1 N–H and O–H groups in total. The van der Waals surface area contributed by atoms with Gasteiger partial charge in [0.25, 0.3) is 0 Å². The number of nitrogens with one attached hydrogen (secondary N) is 1. The Morgan fingerprint density at radius 2 is 2.06 bits per heavy atom. The van der Waals surface area contributed by atoms with E-state index in [9.17, 15) is 9.59 Å². The predicted octanol–water partition coefficient (Wildman–Crippen LogP) is 0.313. The Morgan fingerprint density at radius 3 is 2.56 bits per heavy atom. The van der Waals surface area contributed by atoms with Gasteiger partial charge in [0.2, 0.25) is 11.8 Å². The number of piperidine rings is 1. The maximum Gasteiger partial charge on any atom is 0.241 e. The summed E-state index contributed by atoms with van der Waals surface area (Å²) in [6.45, 7) is 4.63. The number of rotatable bonds is 5. The van der Waals surface area contributed by atoms with E-state index in [1.54, 1.807) is 19.0 Å². The second kappa shape index (κ2) is 7.36. The van der Waals surface area contributed by atoms with Crippen LogP contribution in [0.1, 0.15) is 26.2 Å². The second-order valence-corrected chi connectivity index (χ2v) is 5.09. The van der Waals surface area contributed by atoms with Crippen LogP contribution < -0.4 is 5.32 Å². The number of nitrogens with zero attached hydrogens (tertiary/aromatic N) is 2. The van der Waals surface area contributed by atoms with E-state index in [-0.39, 0.29) is 24.3 Å². The first-order valence-electron chi connectivity index (χ1n) is 6.76. The van der Waals surface area contributed by atoms with Crippen molar-refractivity contribution < 1.29 is 9.59 Å². The van der Waals surface area contributed by atoms with Crippen LogP contribution in [0.25, 0.3) is 0 Å². The molecular formula is C13H25N3O2. The fraction of sp³-hybridized carbons (Fsp3) is 0.846. The van der Waals surface area contributed by atoms with Crippen molar-refractivity contribution >= 4 is 11.8 Å². The van der Waals surface area contributed by atoms with Crippen molar-refractivity contribution in [1.29, 1.82) is 0 Å². The van der Waals surface area contributed by atoms with E-state index in [0.29, 0.717) is 6.54 Å². The molecule has 1 saturated heterocycles. The van der Waals surface area contributed by atoms with Crippen LogP contribution in [0.5, 0.6) is 0 Å². The highest BCUT2D eigenvalue weighted by molar-refractivity contribution is 5.85. The smallest absolute Gasteiger partial charge is 0.241 e. The third-order valence-electron chi connectivity index (χ3n) is 3.28. The summed E-state index contributed by atoms with van der Waals surface area (Å²) in [7, 11) is 3.44. The first kappa shape index (κ1) is 15.0. The quantitative estimate of drug-likeness (QED) is 0.769. The molecule has 1 rings (SSSR count). The van der Waals surface area contributed by atoms with Gasteiger partial charge in [-0.1, -0.05) is 6.92 Å². The molecule has 5 nitrogen and oxygen atoms in total. The van der Waals surface area contributed by atoms with Gasteiger partial charge >= 0.3 is 0 Å². The van der Waals surface area contributed by atoms with Crippen LogP contribution in [-0.2, 0) is 9.59 Å². The van der Waals surface area contributed by atoms with Crippen LogP contribution in [0.4, 0.5) is 0 Å². The summed E-state index contributed by atoms with van der Waals surface area (Å²) in [5.74, 6) is 0.153. The van der Waals surface area contributed by atoms with E-state index < -0.39 is 0 Å². The van der Waals surface area contributed by atoms with Crippen LogP contribution in [0.2, 0.25) is 0 Å². The van der Waals surface area contributed by atoms with Gasteiger partial charge in [0, 0.05) is 27.2 Å². The second-order valence-electron chi connectivity index (χ2n) is 5.09. The van der Waals surface area contributed by atoms with Gasteiger partial charge in [0.15, 0.2) is 0 Å². The SMILES string of the molecule is CCCN(CC(=O)N(C)C)C(=O)[C@@H]1CCCNC1. The van der Waals surface area contributed by atoms with Crippen molar-refractivity contribution in [2.75, 3.05) is 40.3 Å². The Morgan fingerprint density at radius 1 is 1.33 bits per heavy atom. The van der Waals surface area contributed by atoms with Crippen LogP contribution in [0, 0.1) is 5.92 Å². The maximum absolute atomic E-state index is 12.4. The molecule has 0 bridgehead atoms. The van der Waals surface area contributed by atoms with E-state index in [2.05, 4.69) is 5.32 Å². The minimum absolute atomic E-state index is 0.0134. The summed E-state index contributed by atoms with van der Waals surface area (Å²) < 4.78 is 0. The Hall–Kier alpha value is -1.10. The summed E-state index contributed by atoms with van der Waals surface area (Å²) >= 11 is 0. The molecule has 0 aliphatic carbocycles. The van der Waals surface area contributed by atoms with Crippen molar-refractivity contribution in [2.45, 2.75) is 26.2 Å². The fourth-order valence-electron chi connectivity index (χ4n) is 2.16. The standard InChI is InChI=1S/C13H25N3O2/c1-4-8-16(10-12(17)15(2)3)13(18)11-6-5-7-14-9-11/h11,14H,4-10H2,1-3H3/t11-/m1/s1. The molecular weight excluding hydrogens is 230 g/mol. The van der Waals surface area contributed by atoms with E-state index in [1.807, 2.05) is 6.92 Å². The number of amides is 2. The monoisotopic (exact) mass is 255 g/mol. The van der Waals surface area contributed by atoms with Crippen molar-refractivity contribution in [2.24, 2.45) is 5.92 Å². The number of likely N-dealkylation sites (N-methyl/N-ethyl adjacent to an activating group) is 1. The molecule has 1 atom stereocenters. The molecule has 0 aromatic carbocycles. The molecule has 0 unspecified atom stereocenters. The zero-order valence-corrected chi connectivity index (χ0v) is 11.7. The van der Waals surface area contributed by atoms with Gasteiger partial charge in [-0.05, 0) is 25.8 Å². The minimum Gasteiger partial charge on any atom is -0.347 e. The molecule has 1 aliphatic heterocycles. The third kappa shape index (κ3) is 4.29. The van der Waals surface area contributed by atoms with Gasteiger partial charge in [-0.3, -0.25) is 9.59 Å². The molecule has 5 heteroatoms. The molecule has 2 amide bonds. The van der Waals surface area contributed by atoms with Crippen molar-refractivity contribution in [3.63, 3.8) is 0 Å². The van der Waals surface area contributed by atoms with Crippen molar-refractivity contribution in [1.82, 2.24) is 15.1 Å². The number of carbonyl (C=O) groups is 2. The maximum atomic E-state index is 12.4. The summed E-state index contributed by atoms with van der Waals surface area (Å²) in [6.07, 6.45) is 2.85. The Kier molecular flexibility index (Phi) is 6.12. The average Bonchev–Trinajstić information content (AvgIpc) is 2.38. The Bertz CT molecular complexity index is 286. The van der Waals surface area contributed by atoms with E-state index in [0.717, 1.165) is 32.4 Å².